The maximum atomic E-state index is 13.5. The van der Waals surface area contributed by atoms with Gasteiger partial charge in [0, 0.05) is 23.7 Å². The third-order valence-electron chi connectivity index (χ3n) is 5.91. The molecule has 2 aromatic carbocycles. The predicted octanol–water partition coefficient (Wildman–Crippen LogP) is 3.63. The Morgan fingerprint density at radius 2 is 2.03 bits per heavy atom. The molecule has 0 saturated carbocycles. The third kappa shape index (κ3) is 4.62. The predicted molar refractivity (Wildman–Crippen MR) is 119 cm³/mol. The van der Waals surface area contributed by atoms with Crippen molar-refractivity contribution in [2.75, 3.05) is 31.7 Å². The van der Waals surface area contributed by atoms with Crippen molar-refractivity contribution in [3.05, 3.63) is 53.7 Å². The van der Waals surface area contributed by atoms with Crippen molar-refractivity contribution in [3.63, 3.8) is 0 Å². The minimum atomic E-state index is -0.367. The zero-order valence-electron chi connectivity index (χ0n) is 18.5. The first-order chi connectivity index (χ1) is 16.5. The monoisotopic (exact) mass is 466 g/mol. The summed E-state index contributed by atoms with van der Waals surface area (Å²) in [5.41, 5.74) is 1.31. The molecule has 1 amide bonds. The van der Waals surface area contributed by atoms with E-state index in [0.717, 1.165) is 19.4 Å². The van der Waals surface area contributed by atoms with E-state index < -0.39 is 0 Å². The van der Waals surface area contributed by atoms with Crippen LogP contribution in [0.25, 0.3) is 11.4 Å². The number of aromatic nitrogens is 2. The summed E-state index contributed by atoms with van der Waals surface area (Å²) in [6.45, 7) is 2.97. The number of carbonyl (C=O) groups excluding carboxylic acids is 2. The Kier molecular flexibility index (Phi) is 5.97. The van der Waals surface area contributed by atoms with E-state index in [1.54, 1.807) is 24.3 Å². The van der Waals surface area contributed by atoms with Gasteiger partial charge in [-0.3, -0.25) is 14.5 Å². The summed E-state index contributed by atoms with van der Waals surface area (Å²) in [5.74, 6) is 0.958. The van der Waals surface area contributed by atoms with Crippen molar-refractivity contribution >= 4 is 17.4 Å². The molecule has 1 aromatic heterocycles. The van der Waals surface area contributed by atoms with E-state index in [0.29, 0.717) is 46.6 Å². The number of carbonyl (C=O) groups is 2. The fourth-order valence-electron chi connectivity index (χ4n) is 4.28. The summed E-state index contributed by atoms with van der Waals surface area (Å²) in [6.07, 6.45) is 1.71. The Labute approximate surface area is 194 Å². The highest BCUT2D eigenvalue weighted by atomic mass is 19.1. The molecule has 0 aliphatic carbocycles. The second-order valence-corrected chi connectivity index (χ2v) is 8.40. The van der Waals surface area contributed by atoms with Crippen LogP contribution in [0.15, 0.2) is 40.9 Å². The van der Waals surface area contributed by atoms with Gasteiger partial charge in [-0.2, -0.15) is 4.98 Å². The molecule has 10 heteroatoms. The molecule has 1 N–H and O–H groups in total. The maximum absolute atomic E-state index is 13.5. The quantitative estimate of drug-likeness (QED) is 0.549. The molecular formula is C24H23FN4O5. The second kappa shape index (κ2) is 9.22. The lowest BCUT2D eigenvalue weighted by Gasteiger charge is -2.30. The van der Waals surface area contributed by atoms with Crippen LogP contribution in [0, 0.1) is 5.82 Å². The van der Waals surface area contributed by atoms with Gasteiger partial charge in [0.25, 0.3) is 0 Å². The Bertz CT molecular complexity index is 1240. The summed E-state index contributed by atoms with van der Waals surface area (Å²) in [5, 5.41) is 6.83. The fraction of sp³-hybridized carbons (Fsp3) is 0.333. The van der Waals surface area contributed by atoms with Crippen molar-refractivity contribution in [1.29, 1.82) is 0 Å². The average molecular weight is 466 g/mol. The van der Waals surface area contributed by atoms with E-state index in [-0.39, 0.29) is 36.8 Å². The average Bonchev–Trinajstić information content (AvgIpc) is 3.48. The highest BCUT2D eigenvalue weighted by Crippen LogP contribution is 2.37. The number of benzene rings is 2. The standard InChI is InChI=1S/C24H23FN4O5/c1-14(30)18-9-20-21(33-13-32-20)10-19(18)26-22(31)12-29-7-3-5-16(11-29)24-27-23(28-34-24)15-4-2-6-17(25)8-15/h2,4,6,8-10,16H,3,5,7,11-13H2,1H3,(H,26,31). The largest absolute Gasteiger partial charge is 0.454 e. The van der Waals surface area contributed by atoms with Gasteiger partial charge >= 0.3 is 0 Å². The maximum Gasteiger partial charge on any atom is 0.238 e. The zero-order valence-corrected chi connectivity index (χ0v) is 18.5. The highest BCUT2D eigenvalue weighted by molar-refractivity contribution is 6.05. The van der Waals surface area contributed by atoms with Crippen LogP contribution in [0.5, 0.6) is 11.5 Å². The number of ketones is 1. The molecule has 34 heavy (non-hydrogen) atoms. The molecule has 1 atom stereocenters. The number of anilines is 1. The lowest BCUT2D eigenvalue weighted by Crippen LogP contribution is -2.40. The Balaban J connectivity index is 1.24. The zero-order chi connectivity index (χ0) is 23.7. The minimum Gasteiger partial charge on any atom is -0.454 e. The van der Waals surface area contributed by atoms with Gasteiger partial charge in [-0.05, 0) is 44.5 Å². The number of halogens is 1. The van der Waals surface area contributed by atoms with Crippen LogP contribution in [0.3, 0.4) is 0 Å². The Morgan fingerprint density at radius 3 is 2.82 bits per heavy atom. The van der Waals surface area contributed by atoms with Crippen molar-refractivity contribution in [3.8, 4) is 22.9 Å². The summed E-state index contributed by atoms with van der Waals surface area (Å²) in [6, 6.07) is 9.24. The number of hydrogen-bond acceptors (Lipinski definition) is 8. The van der Waals surface area contributed by atoms with Crippen LogP contribution in [0.1, 0.15) is 41.9 Å². The molecule has 1 saturated heterocycles. The van der Waals surface area contributed by atoms with Crippen LogP contribution < -0.4 is 14.8 Å². The van der Waals surface area contributed by atoms with Crippen LogP contribution in [0.2, 0.25) is 0 Å². The molecule has 9 nitrogen and oxygen atoms in total. The molecule has 3 aromatic rings. The number of hydrogen-bond donors (Lipinski definition) is 1. The summed E-state index contributed by atoms with van der Waals surface area (Å²) in [7, 11) is 0. The normalized spacial score (nSPS) is 17.5. The third-order valence-corrected chi connectivity index (χ3v) is 5.91. The van der Waals surface area contributed by atoms with Crippen LogP contribution in [0.4, 0.5) is 10.1 Å². The molecule has 176 valence electrons. The molecule has 1 fully saturated rings. The lowest BCUT2D eigenvalue weighted by molar-refractivity contribution is -0.117. The number of fused-ring (bicyclic) bond motifs is 1. The van der Waals surface area contributed by atoms with Gasteiger partial charge in [-0.25, -0.2) is 4.39 Å². The summed E-state index contributed by atoms with van der Waals surface area (Å²) < 4.78 is 29.7. The van der Waals surface area contributed by atoms with E-state index in [2.05, 4.69) is 15.5 Å². The van der Waals surface area contributed by atoms with Gasteiger partial charge in [0.1, 0.15) is 5.82 Å². The van der Waals surface area contributed by atoms with Gasteiger partial charge < -0.3 is 19.3 Å². The Morgan fingerprint density at radius 1 is 1.21 bits per heavy atom. The van der Waals surface area contributed by atoms with Gasteiger partial charge in [0.2, 0.25) is 24.4 Å². The molecule has 3 heterocycles. The molecule has 2 aliphatic rings. The SMILES string of the molecule is CC(=O)c1cc2c(cc1NC(=O)CN1CCCC(c3nc(-c4cccc(F)c4)no3)C1)OCO2. The highest BCUT2D eigenvalue weighted by Gasteiger charge is 2.28. The molecule has 0 spiro atoms. The molecule has 0 radical (unpaired) electrons. The number of rotatable bonds is 6. The van der Waals surface area contributed by atoms with E-state index in [4.69, 9.17) is 14.0 Å². The number of amides is 1. The van der Waals surface area contributed by atoms with Gasteiger partial charge in [0.05, 0.1) is 18.2 Å². The topological polar surface area (TPSA) is 107 Å². The first-order valence-corrected chi connectivity index (χ1v) is 11.0. The van der Waals surface area contributed by atoms with Crippen LogP contribution in [-0.4, -0.2) is 53.2 Å². The first-order valence-electron chi connectivity index (χ1n) is 11.0. The summed E-state index contributed by atoms with van der Waals surface area (Å²) >= 11 is 0. The molecular weight excluding hydrogens is 443 g/mol. The second-order valence-electron chi connectivity index (χ2n) is 8.40. The van der Waals surface area contributed by atoms with Gasteiger partial charge in [-0.15, -0.1) is 0 Å². The number of piperidine rings is 1. The molecule has 2 aliphatic heterocycles. The van der Waals surface area contributed by atoms with Crippen LogP contribution in [-0.2, 0) is 4.79 Å². The molecule has 5 rings (SSSR count). The number of nitrogens with one attached hydrogen (secondary N) is 1. The molecule has 1 unspecified atom stereocenters. The first kappa shape index (κ1) is 22.0. The lowest BCUT2D eigenvalue weighted by atomic mass is 9.98. The Hall–Kier alpha value is -3.79. The number of ether oxygens (including phenoxy) is 2. The van der Waals surface area contributed by atoms with E-state index in [1.165, 1.54) is 19.1 Å². The van der Waals surface area contributed by atoms with Crippen molar-refractivity contribution in [2.45, 2.75) is 25.7 Å². The minimum absolute atomic E-state index is 0.0327. The fourth-order valence-corrected chi connectivity index (χ4v) is 4.28. The van der Waals surface area contributed by atoms with Crippen molar-refractivity contribution < 1.29 is 28.0 Å². The van der Waals surface area contributed by atoms with Crippen molar-refractivity contribution in [1.82, 2.24) is 15.0 Å². The number of Topliss-reactive ketones (excluding diaryl/α,β-unsaturated/α-hetero) is 1. The van der Waals surface area contributed by atoms with Gasteiger partial charge in [0.15, 0.2) is 17.3 Å². The van der Waals surface area contributed by atoms with E-state index >= 15 is 0 Å². The van der Waals surface area contributed by atoms with Crippen molar-refractivity contribution in [2.24, 2.45) is 0 Å². The summed E-state index contributed by atoms with van der Waals surface area (Å²) in [4.78, 5) is 31.3. The van der Waals surface area contributed by atoms with Crippen LogP contribution >= 0.6 is 0 Å². The van der Waals surface area contributed by atoms with E-state index in [9.17, 15) is 14.0 Å². The van der Waals surface area contributed by atoms with Gasteiger partial charge in [-0.1, -0.05) is 17.3 Å². The number of nitrogens with zero attached hydrogens (tertiary/aromatic N) is 3. The smallest absolute Gasteiger partial charge is 0.238 e. The van der Waals surface area contributed by atoms with E-state index in [1.807, 2.05) is 4.90 Å². The molecule has 0 bridgehead atoms. The number of likely N-dealkylation sites (tertiary alicyclic amines) is 1.